The van der Waals surface area contributed by atoms with Gasteiger partial charge < -0.3 is 19.1 Å². The average molecular weight is 456 g/mol. The lowest BCUT2D eigenvalue weighted by atomic mass is 9.81. The number of allylic oxidation sites excluding steroid dienone is 3. The summed E-state index contributed by atoms with van der Waals surface area (Å²) < 4.78 is 18.7. The monoisotopic (exact) mass is 455 g/mol. The van der Waals surface area contributed by atoms with Crippen molar-refractivity contribution in [3.8, 4) is 0 Å². The van der Waals surface area contributed by atoms with E-state index < -0.39 is 0 Å². The molecule has 1 fully saturated rings. The number of hydrogen-bond donors (Lipinski definition) is 0. The first-order valence-electron chi connectivity index (χ1n) is 12.3. The molecule has 33 heavy (non-hydrogen) atoms. The molecule has 5 nitrogen and oxygen atoms in total. The zero-order valence-electron chi connectivity index (χ0n) is 21.2. The number of rotatable bonds is 7. The first-order chi connectivity index (χ1) is 15.6. The second-order valence-corrected chi connectivity index (χ2v) is 10.1. The van der Waals surface area contributed by atoms with Crippen molar-refractivity contribution in [1.29, 1.82) is 0 Å². The maximum Gasteiger partial charge on any atom is 0.253 e. The predicted octanol–water partition coefficient (Wildman–Crippen LogP) is 5.50. The molecular weight excluding hydrogens is 414 g/mol. The molecular formula is C28H41NO4. The van der Waals surface area contributed by atoms with Crippen molar-refractivity contribution < 1.29 is 19.0 Å². The number of nitrogens with zero attached hydrogens (tertiary/aromatic N) is 1. The molecule has 1 aliphatic carbocycles. The van der Waals surface area contributed by atoms with Crippen LogP contribution in [-0.4, -0.2) is 53.9 Å². The summed E-state index contributed by atoms with van der Waals surface area (Å²) in [4.78, 5) is 15.2. The van der Waals surface area contributed by atoms with Gasteiger partial charge in [-0.3, -0.25) is 4.79 Å². The summed E-state index contributed by atoms with van der Waals surface area (Å²) in [5, 5.41) is 0. The smallest absolute Gasteiger partial charge is 0.253 e. The summed E-state index contributed by atoms with van der Waals surface area (Å²) in [6, 6.07) is 0. The molecule has 5 heteroatoms. The van der Waals surface area contributed by atoms with Crippen LogP contribution in [0.4, 0.5) is 0 Å². The van der Waals surface area contributed by atoms with E-state index in [4.69, 9.17) is 14.2 Å². The molecule has 0 saturated carbocycles. The van der Waals surface area contributed by atoms with E-state index in [1.165, 1.54) is 0 Å². The maximum atomic E-state index is 13.2. The van der Waals surface area contributed by atoms with Crippen molar-refractivity contribution in [2.24, 2.45) is 5.92 Å². The van der Waals surface area contributed by atoms with Gasteiger partial charge in [0.15, 0.2) is 0 Å². The van der Waals surface area contributed by atoms with Gasteiger partial charge in [0.05, 0.1) is 30.2 Å². The lowest BCUT2D eigenvalue weighted by Crippen LogP contribution is -2.52. The van der Waals surface area contributed by atoms with Gasteiger partial charge in [-0.1, -0.05) is 50.0 Å². The quantitative estimate of drug-likeness (QED) is 0.475. The lowest BCUT2D eigenvalue weighted by Gasteiger charge is -2.47. The Balaban J connectivity index is 1.67. The molecule has 3 rings (SSSR count). The van der Waals surface area contributed by atoms with Crippen LogP contribution >= 0.6 is 0 Å². The Morgan fingerprint density at radius 2 is 1.88 bits per heavy atom. The van der Waals surface area contributed by atoms with Crippen LogP contribution in [0.2, 0.25) is 0 Å². The maximum absolute atomic E-state index is 13.2. The van der Waals surface area contributed by atoms with Crippen LogP contribution in [0, 0.1) is 5.92 Å². The first-order valence-corrected chi connectivity index (χ1v) is 12.3. The number of ether oxygens (including phenoxy) is 3. The fourth-order valence-corrected chi connectivity index (χ4v) is 4.99. The van der Waals surface area contributed by atoms with E-state index in [2.05, 4.69) is 33.4 Å². The Morgan fingerprint density at radius 3 is 2.45 bits per heavy atom. The van der Waals surface area contributed by atoms with Crippen molar-refractivity contribution in [2.75, 3.05) is 13.1 Å². The molecule has 0 aromatic rings. The van der Waals surface area contributed by atoms with Gasteiger partial charge in [-0.05, 0) is 34.6 Å². The van der Waals surface area contributed by atoms with Crippen molar-refractivity contribution in [1.82, 2.24) is 4.90 Å². The van der Waals surface area contributed by atoms with E-state index in [1.807, 2.05) is 50.0 Å². The van der Waals surface area contributed by atoms with E-state index in [-0.39, 0.29) is 41.8 Å². The summed E-state index contributed by atoms with van der Waals surface area (Å²) in [6.45, 7) is 17.5. The molecule has 1 spiro atoms. The Bertz CT molecular complexity index is 840. The highest BCUT2D eigenvalue weighted by Crippen LogP contribution is 2.41. The van der Waals surface area contributed by atoms with E-state index in [9.17, 15) is 4.79 Å². The normalized spacial score (nSPS) is 27.5. The molecule has 0 radical (unpaired) electrons. The zero-order chi connectivity index (χ0) is 24.2. The molecule has 0 N–H and O–H groups in total. The number of carbonyl (C=O) groups is 1. The standard InChI is InChI=1S/C28H41NO4/c1-8-9-10-24-22(7)33-28(18-26(24)32-20(4)5)13-15-29(16-14-28)27(30)23-11-12-25(21(6)17-23)31-19(2)3/h8-12,17,19-21,25-26H,1,13-16,18H2,2-7H3/b10-9-. The van der Waals surface area contributed by atoms with Crippen molar-refractivity contribution in [3.63, 3.8) is 0 Å². The number of hydrogen-bond acceptors (Lipinski definition) is 4. The topological polar surface area (TPSA) is 48.0 Å². The van der Waals surface area contributed by atoms with Crippen LogP contribution < -0.4 is 0 Å². The predicted molar refractivity (Wildman–Crippen MR) is 133 cm³/mol. The molecule has 182 valence electrons. The third kappa shape index (κ3) is 6.27. The molecule has 0 aromatic heterocycles. The largest absolute Gasteiger partial charge is 0.491 e. The fourth-order valence-electron chi connectivity index (χ4n) is 4.99. The molecule has 1 amide bonds. The highest BCUT2D eigenvalue weighted by atomic mass is 16.5. The average Bonchev–Trinajstić information content (AvgIpc) is 2.74. The van der Waals surface area contributed by atoms with Crippen molar-refractivity contribution in [3.05, 3.63) is 59.9 Å². The van der Waals surface area contributed by atoms with Gasteiger partial charge >= 0.3 is 0 Å². The first kappa shape index (κ1) is 25.5. The van der Waals surface area contributed by atoms with Crippen LogP contribution in [0.25, 0.3) is 0 Å². The van der Waals surface area contributed by atoms with Crippen LogP contribution in [0.5, 0.6) is 0 Å². The van der Waals surface area contributed by atoms with E-state index >= 15 is 0 Å². The Morgan fingerprint density at radius 1 is 1.21 bits per heavy atom. The highest BCUT2D eigenvalue weighted by molar-refractivity contribution is 5.96. The van der Waals surface area contributed by atoms with E-state index in [1.54, 1.807) is 6.08 Å². The van der Waals surface area contributed by atoms with Crippen LogP contribution in [-0.2, 0) is 19.0 Å². The SMILES string of the molecule is C=C/C=C\C1=C(C)OC2(CCN(C(=O)C3=CC(C)C(OC(C)C)C=C3)CC2)CC1OC(C)C. The van der Waals surface area contributed by atoms with Crippen LogP contribution in [0.3, 0.4) is 0 Å². The Kier molecular flexibility index (Phi) is 8.41. The van der Waals surface area contributed by atoms with Gasteiger partial charge in [0.2, 0.25) is 0 Å². The minimum Gasteiger partial charge on any atom is -0.491 e. The Labute approximate surface area is 199 Å². The zero-order valence-corrected chi connectivity index (χ0v) is 21.2. The third-order valence-corrected chi connectivity index (χ3v) is 6.59. The van der Waals surface area contributed by atoms with E-state index in [0.717, 1.165) is 36.2 Å². The fraction of sp³-hybridized carbons (Fsp3) is 0.607. The Hall–Kier alpha value is -2.11. The van der Waals surface area contributed by atoms with Gasteiger partial charge in [-0.15, -0.1) is 0 Å². The summed E-state index contributed by atoms with van der Waals surface area (Å²) in [5.74, 6) is 1.19. The van der Waals surface area contributed by atoms with Gasteiger partial charge in [-0.25, -0.2) is 0 Å². The highest BCUT2D eigenvalue weighted by Gasteiger charge is 2.44. The molecule has 1 saturated heterocycles. The summed E-state index contributed by atoms with van der Waals surface area (Å²) in [6.07, 6.45) is 14.5. The second-order valence-electron chi connectivity index (χ2n) is 10.1. The van der Waals surface area contributed by atoms with Crippen LogP contribution in [0.1, 0.15) is 60.8 Å². The molecule has 0 bridgehead atoms. The minimum atomic E-state index is -0.286. The lowest BCUT2D eigenvalue weighted by molar-refractivity contribution is -0.136. The molecule has 2 aliphatic heterocycles. The number of piperidine rings is 1. The number of likely N-dealkylation sites (tertiary alicyclic amines) is 1. The second kappa shape index (κ2) is 10.9. The van der Waals surface area contributed by atoms with Crippen molar-refractivity contribution >= 4 is 5.91 Å². The summed E-state index contributed by atoms with van der Waals surface area (Å²) in [5.41, 5.74) is 1.56. The molecule has 2 heterocycles. The van der Waals surface area contributed by atoms with Gasteiger partial charge in [0.25, 0.3) is 5.91 Å². The minimum absolute atomic E-state index is 0.0140. The third-order valence-electron chi connectivity index (χ3n) is 6.59. The summed E-state index contributed by atoms with van der Waals surface area (Å²) in [7, 11) is 0. The van der Waals surface area contributed by atoms with Crippen LogP contribution in [0.15, 0.2) is 59.9 Å². The van der Waals surface area contributed by atoms with Gasteiger partial charge in [0, 0.05) is 49.4 Å². The van der Waals surface area contributed by atoms with Crippen molar-refractivity contribution in [2.45, 2.75) is 90.8 Å². The summed E-state index contributed by atoms with van der Waals surface area (Å²) >= 11 is 0. The molecule has 0 aromatic carbocycles. The van der Waals surface area contributed by atoms with E-state index in [0.29, 0.717) is 13.1 Å². The molecule has 3 atom stereocenters. The van der Waals surface area contributed by atoms with Gasteiger partial charge in [0.1, 0.15) is 5.60 Å². The molecule has 3 aliphatic rings. The molecule has 3 unspecified atom stereocenters. The van der Waals surface area contributed by atoms with Gasteiger partial charge in [-0.2, -0.15) is 0 Å². The number of amides is 1. The number of carbonyl (C=O) groups excluding carboxylic acids is 1.